The van der Waals surface area contributed by atoms with Gasteiger partial charge in [0.25, 0.3) is 5.91 Å². The highest BCUT2D eigenvalue weighted by atomic mass is 32.2. The summed E-state index contributed by atoms with van der Waals surface area (Å²) in [4.78, 5) is 12.9. The van der Waals surface area contributed by atoms with Gasteiger partial charge in [0.1, 0.15) is 0 Å². The number of carbonyl (C=O) groups excluding carboxylic acids is 1. The van der Waals surface area contributed by atoms with Gasteiger partial charge in [0.15, 0.2) is 9.84 Å². The van der Waals surface area contributed by atoms with Crippen LogP contribution >= 0.6 is 0 Å². The van der Waals surface area contributed by atoms with Crippen LogP contribution in [0.25, 0.3) is 11.1 Å². The first kappa shape index (κ1) is 17.5. The second kappa shape index (κ2) is 6.35. The molecule has 136 valence electrons. The van der Waals surface area contributed by atoms with E-state index in [0.717, 1.165) is 18.2 Å². The van der Waals surface area contributed by atoms with Gasteiger partial charge >= 0.3 is 0 Å². The number of aryl methyl sites for hydroxylation is 1. The number of carbonyl (C=O) groups is 1. The average molecular weight is 377 g/mol. The summed E-state index contributed by atoms with van der Waals surface area (Å²) in [6.07, 6.45) is 1.98. The summed E-state index contributed by atoms with van der Waals surface area (Å²) >= 11 is 0. The predicted octanol–water partition coefficient (Wildman–Crippen LogP) is 4.22. The maximum Gasteiger partial charge on any atom is 0.255 e. The molecular weight excluding hydrogens is 358 g/mol. The molecule has 0 bridgehead atoms. The maximum atomic E-state index is 12.7. The van der Waals surface area contributed by atoms with E-state index in [2.05, 4.69) is 17.4 Å². The first-order valence-electron chi connectivity index (χ1n) is 8.66. The van der Waals surface area contributed by atoms with Gasteiger partial charge < -0.3 is 5.32 Å². The van der Waals surface area contributed by atoms with Gasteiger partial charge in [-0.1, -0.05) is 36.4 Å². The second-order valence-electron chi connectivity index (χ2n) is 6.91. The van der Waals surface area contributed by atoms with Crippen molar-refractivity contribution < 1.29 is 13.2 Å². The number of benzene rings is 3. The van der Waals surface area contributed by atoms with Gasteiger partial charge in [-0.3, -0.25) is 4.79 Å². The SMILES string of the molecule is Cc1ccc(S(C)(=O)=O)cc1C(=O)Nc1ccc2c(c1)Cc1ccccc1-2. The topological polar surface area (TPSA) is 63.2 Å². The molecule has 0 radical (unpaired) electrons. The largest absolute Gasteiger partial charge is 0.322 e. The Morgan fingerprint density at radius 2 is 1.67 bits per heavy atom. The molecule has 1 N–H and O–H groups in total. The second-order valence-corrected chi connectivity index (χ2v) is 8.92. The van der Waals surface area contributed by atoms with Gasteiger partial charge in [-0.15, -0.1) is 0 Å². The van der Waals surface area contributed by atoms with Gasteiger partial charge in [-0.2, -0.15) is 0 Å². The molecule has 1 amide bonds. The van der Waals surface area contributed by atoms with Crippen LogP contribution in [0.15, 0.2) is 65.6 Å². The van der Waals surface area contributed by atoms with Crippen molar-refractivity contribution in [3.63, 3.8) is 0 Å². The lowest BCUT2D eigenvalue weighted by Crippen LogP contribution is -2.14. The summed E-state index contributed by atoms with van der Waals surface area (Å²) in [6.45, 7) is 1.79. The zero-order valence-electron chi connectivity index (χ0n) is 15.1. The molecule has 3 aromatic carbocycles. The van der Waals surface area contributed by atoms with Gasteiger partial charge in [0, 0.05) is 17.5 Å². The Labute approximate surface area is 158 Å². The highest BCUT2D eigenvalue weighted by molar-refractivity contribution is 7.90. The maximum absolute atomic E-state index is 12.7. The Balaban J connectivity index is 1.63. The molecule has 4 nitrogen and oxygen atoms in total. The minimum atomic E-state index is -3.37. The lowest BCUT2D eigenvalue weighted by Gasteiger charge is -2.11. The van der Waals surface area contributed by atoms with Crippen LogP contribution in [0.2, 0.25) is 0 Å². The fraction of sp³-hybridized carbons (Fsp3) is 0.136. The van der Waals surface area contributed by atoms with E-state index in [0.29, 0.717) is 11.3 Å². The molecular formula is C22H19NO3S. The molecule has 0 spiro atoms. The number of amides is 1. The number of hydrogen-bond acceptors (Lipinski definition) is 3. The molecule has 27 heavy (non-hydrogen) atoms. The van der Waals surface area contributed by atoms with Crippen LogP contribution in [0.3, 0.4) is 0 Å². The number of rotatable bonds is 3. The molecule has 1 aliphatic rings. The monoisotopic (exact) mass is 377 g/mol. The van der Waals surface area contributed by atoms with Crippen LogP contribution in [0.1, 0.15) is 27.0 Å². The minimum absolute atomic E-state index is 0.141. The van der Waals surface area contributed by atoms with Gasteiger partial charge in [-0.05, 0) is 65.4 Å². The van der Waals surface area contributed by atoms with Crippen LogP contribution in [-0.2, 0) is 16.3 Å². The third-order valence-corrected chi connectivity index (χ3v) is 6.04. The lowest BCUT2D eigenvalue weighted by molar-refractivity contribution is 0.102. The van der Waals surface area contributed by atoms with E-state index in [9.17, 15) is 13.2 Å². The molecule has 0 unspecified atom stereocenters. The van der Waals surface area contributed by atoms with Crippen molar-refractivity contribution in [1.29, 1.82) is 0 Å². The smallest absolute Gasteiger partial charge is 0.255 e. The summed E-state index contributed by atoms with van der Waals surface area (Å²) in [5.41, 5.74) is 6.69. The van der Waals surface area contributed by atoms with Crippen molar-refractivity contribution >= 4 is 21.4 Å². The molecule has 1 aliphatic carbocycles. The predicted molar refractivity (Wildman–Crippen MR) is 107 cm³/mol. The number of hydrogen-bond donors (Lipinski definition) is 1. The molecule has 0 heterocycles. The summed E-state index contributed by atoms with van der Waals surface area (Å²) < 4.78 is 23.6. The average Bonchev–Trinajstić information content (AvgIpc) is 2.98. The fourth-order valence-corrected chi connectivity index (χ4v) is 4.14. The molecule has 5 heteroatoms. The molecule has 0 fully saturated rings. The number of fused-ring (bicyclic) bond motifs is 3. The minimum Gasteiger partial charge on any atom is -0.322 e. The van der Waals surface area contributed by atoms with Crippen molar-refractivity contribution in [3.05, 3.63) is 82.9 Å². The van der Waals surface area contributed by atoms with E-state index < -0.39 is 9.84 Å². The highest BCUT2D eigenvalue weighted by Gasteiger charge is 2.19. The summed E-state index contributed by atoms with van der Waals surface area (Å²) in [7, 11) is -3.37. The number of sulfone groups is 1. The molecule has 4 rings (SSSR count). The summed E-state index contributed by atoms with van der Waals surface area (Å²) in [5, 5.41) is 2.90. The Kier molecular flexibility index (Phi) is 4.12. The van der Waals surface area contributed by atoms with Gasteiger partial charge in [0.2, 0.25) is 0 Å². The van der Waals surface area contributed by atoms with Gasteiger partial charge in [-0.25, -0.2) is 8.42 Å². The highest BCUT2D eigenvalue weighted by Crippen LogP contribution is 2.37. The molecule has 0 aromatic heterocycles. The number of nitrogens with one attached hydrogen (secondary N) is 1. The van der Waals surface area contributed by atoms with Crippen molar-refractivity contribution in [1.82, 2.24) is 0 Å². The first-order chi connectivity index (χ1) is 12.8. The molecule has 0 saturated heterocycles. The van der Waals surface area contributed by atoms with Crippen molar-refractivity contribution in [2.24, 2.45) is 0 Å². The zero-order chi connectivity index (χ0) is 19.2. The van der Waals surface area contributed by atoms with E-state index in [-0.39, 0.29) is 10.8 Å². The Hall–Kier alpha value is -2.92. The lowest BCUT2D eigenvalue weighted by atomic mass is 10.1. The summed E-state index contributed by atoms with van der Waals surface area (Å²) in [5.74, 6) is -0.312. The molecule has 0 saturated carbocycles. The molecule has 3 aromatic rings. The van der Waals surface area contributed by atoms with Crippen LogP contribution in [0.5, 0.6) is 0 Å². The quantitative estimate of drug-likeness (QED) is 0.581. The van der Waals surface area contributed by atoms with Crippen molar-refractivity contribution in [3.8, 4) is 11.1 Å². The van der Waals surface area contributed by atoms with Gasteiger partial charge in [0.05, 0.1) is 4.90 Å². The fourth-order valence-electron chi connectivity index (χ4n) is 3.50. The Bertz CT molecular complexity index is 1180. The van der Waals surface area contributed by atoms with E-state index in [1.165, 1.54) is 34.4 Å². The summed E-state index contributed by atoms with van der Waals surface area (Å²) in [6, 6.07) is 18.8. The van der Waals surface area contributed by atoms with Crippen LogP contribution in [-0.4, -0.2) is 20.6 Å². The third-order valence-electron chi connectivity index (χ3n) is 4.93. The van der Waals surface area contributed by atoms with Crippen LogP contribution < -0.4 is 5.32 Å². The molecule has 0 atom stereocenters. The third kappa shape index (κ3) is 3.26. The van der Waals surface area contributed by atoms with E-state index in [1.54, 1.807) is 13.0 Å². The standard InChI is InChI=1S/C22H19NO3S/c1-14-7-9-18(27(2,25)26)13-21(14)22(24)23-17-8-10-20-16(12-17)11-15-5-3-4-6-19(15)20/h3-10,12-13H,11H2,1-2H3,(H,23,24). The van der Waals surface area contributed by atoms with Crippen LogP contribution in [0, 0.1) is 6.92 Å². The van der Waals surface area contributed by atoms with E-state index >= 15 is 0 Å². The first-order valence-corrected chi connectivity index (χ1v) is 10.6. The number of anilines is 1. The zero-order valence-corrected chi connectivity index (χ0v) is 15.9. The van der Waals surface area contributed by atoms with E-state index in [1.807, 2.05) is 30.3 Å². The van der Waals surface area contributed by atoms with Crippen LogP contribution in [0.4, 0.5) is 5.69 Å². The molecule has 0 aliphatic heterocycles. The van der Waals surface area contributed by atoms with Crippen molar-refractivity contribution in [2.45, 2.75) is 18.2 Å². The van der Waals surface area contributed by atoms with E-state index in [4.69, 9.17) is 0 Å². The normalized spacial score (nSPS) is 12.4. The van der Waals surface area contributed by atoms with Crippen molar-refractivity contribution in [2.75, 3.05) is 11.6 Å². The Morgan fingerprint density at radius 1 is 0.926 bits per heavy atom. The Morgan fingerprint density at radius 3 is 2.44 bits per heavy atom.